The van der Waals surface area contributed by atoms with Crippen LogP contribution in [0, 0.1) is 0 Å². The van der Waals surface area contributed by atoms with Crippen LogP contribution >= 0.6 is 0 Å². The van der Waals surface area contributed by atoms with Crippen LogP contribution in [0.4, 0.5) is 0 Å². The summed E-state index contributed by atoms with van der Waals surface area (Å²) in [6, 6.07) is 13.3. The van der Waals surface area contributed by atoms with Gasteiger partial charge in [-0.15, -0.1) is 0 Å². The van der Waals surface area contributed by atoms with E-state index in [0.29, 0.717) is 11.8 Å². The second-order valence-corrected chi connectivity index (χ2v) is 23.6. The van der Waals surface area contributed by atoms with Crippen molar-refractivity contribution in [2.24, 2.45) is 0 Å². The summed E-state index contributed by atoms with van der Waals surface area (Å²) in [6.07, 6.45) is 12.9. The average Bonchev–Trinajstić information content (AvgIpc) is 3.38. The number of benzene rings is 2. The van der Waals surface area contributed by atoms with Crippen molar-refractivity contribution in [3.63, 3.8) is 0 Å². The van der Waals surface area contributed by atoms with Gasteiger partial charge in [0.15, 0.2) is 0 Å². The highest BCUT2D eigenvalue weighted by atomic mass is 28.4. The Kier molecular flexibility index (Phi) is 7.50. The zero-order valence-corrected chi connectivity index (χ0v) is 26.9. The maximum atomic E-state index is 6.72. The topological polar surface area (TPSA) is 18.5 Å². The first kappa shape index (κ1) is 28.0. The van der Waals surface area contributed by atoms with Gasteiger partial charge in [0, 0.05) is 23.0 Å². The first-order chi connectivity index (χ1) is 17.1. The fraction of sp³-hybridized carbons (Fsp3) is 0.515. The standard InChI is InChI=1S/C33H48O2Si2/c1-32(2,3)36(7,8)34-30-18-12-16-26-24(20-22-28(26)30)14-11-15-25-21-23-29-27(25)17-13-19-31(29)35-37(9,10)33(4,5)6/h12-13,16-25H,11,14-15H2,1-10H3. The largest absolute Gasteiger partial charge is 0.543 e. The van der Waals surface area contributed by atoms with Gasteiger partial charge >= 0.3 is 0 Å². The van der Waals surface area contributed by atoms with Crippen LogP contribution in [0.5, 0.6) is 11.5 Å². The molecule has 0 aliphatic heterocycles. The van der Waals surface area contributed by atoms with Crippen molar-refractivity contribution in [1.29, 1.82) is 0 Å². The molecule has 2 unspecified atom stereocenters. The number of rotatable bonds is 8. The molecule has 0 fully saturated rings. The Hall–Kier alpha value is -2.05. The second kappa shape index (κ2) is 9.92. The van der Waals surface area contributed by atoms with Crippen LogP contribution in [-0.4, -0.2) is 16.6 Å². The lowest BCUT2D eigenvalue weighted by Gasteiger charge is -2.37. The fourth-order valence-corrected chi connectivity index (χ4v) is 6.92. The Morgan fingerprint density at radius 2 is 1.00 bits per heavy atom. The van der Waals surface area contributed by atoms with Crippen molar-refractivity contribution in [2.75, 3.05) is 0 Å². The summed E-state index contributed by atoms with van der Waals surface area (Å²) in [5.41, 5.74) is 5.47. The quantitative estimate of drug-likeness (QED) is 0.315. The van der Waals surface area contributed by atoms with Gasteiger partial charge in [0.05, 0.1) is 0 Å². The molecule has 0 N–H and O–H groups in total. The molecule has 37 heavy (non-hydrogen) atoms. The Morgan fingerprint density at radius 3 is 1.35 bits per heavy atom. The Labute approximate surface area is 228 Å². The highest BCUT2D eigenvalue weighted by Crippen LogP contribution is 2.45. The molecule has 0 bridgehead atoms. The minimum absolute atomic E-state index is 0.193. The molecule has 0 heterocycles. The van der Waals surface area contributed by atoms with Crippen molar-refractivity contribution < 1.29 is 8.85 Å². The highest BCUT2D eigenvalue weighted by Gasteiger charge is 2.40. The monoisotopic (exact) mass is 532 g/mol. The molecule has 2 aromatic rings. The Bertz CT molecular complexity index is 1100. The number of fused-ring (bicyclic) bond motifs is 2. The third-order valence-electron chi connectivity index (χ3n) is 9.36. The lowest BCUT2D eigenvalue weighted by molar-refractivity contribution is 0.490. The van der Waals surface area contributed by atoms with Gasteiger partial charge in [0.1, 0.15) is 11.5 Å². The van der Waals surface area contributed by atoms with E-state index in [1.807, 2.05) is 0 Å². The van der Waals surface area contributed by atoms with Gasteiger partial charge in [-0.05, 0) is 72.4 Å². The molecule has 0 spiro atoms. The normalized spacial score (nSPS) is 19.2. The molecule has 0 amide bonds. The Morgan fingerprint density at radius 1 is 0.622 bits per heavy atom. The van der Waals surface area contributed by atoms with E-state index < -0.39 is 16.6 Å². The molecule has 4 heteroatoms. The van der Waals surface area contributed by atoms with E-state index in [4.69, 9.17) is 8.85 Å². The summed E-state index contributed by atoms with van der Waals surface area (Å²) in [5, 5.41) is 0.385. The van der Waals surface area contributed by atoms with E-state index in [2.05, 4.69) is 128 Å². The van der Waals surface area contributed by atoms with E-state index in [1.54, 1.807) is 0 Å². The van der Waals surface area contributed by atoms with Crippen molar-refractivity contribution in [2.45, 2.75) is 109 Å². The molecule has 4 rings (SSSR count). The molecule has 0 saturated carbocycles. The summed E-state index contributed by atoms with van der Waals surface area (Å²) in [5.74, 6) is 3.11. The third kappa shape index (κ3) is 5.71. The van der Waals surface area contributed by atoms with Crippen molar-refractivity contribution in [3.8, 4) is 11.5 Å². The zero-order valence-electron chi connectivity index (χ0n) is 24.9. The minimum atomic E-state index is -1.87. The summed E-state index contributed by atoms with van der Waals surface area (Å²) < 4.78 is 13.4. The van der Waals surface area contributed by atoms with Gasteiger partial charge in [-0.25, -0.2) is 0 Å². The van der Waals surface area contributed by atoms with E-state index in [0.717, 1.165) is 11.5 Å². The lowest BCUT2D eigenvalue weighted by Crippen LogP contribution is -2.44. The first-order valence-corrected chi connectivity index (χ1v) is 19.9. The molecule has 0 radical (unpaired) electrons. The van der Waals surface area contributed by atoms with Gasteiger partial charge in [-0.2, -0.15) is 0 Å². The maximum absolute atomic E-state index is 6.72. The highest BCUT2D eigenvalue weighted by molar-refractivity contribution is 6.75. The molecule has 2 aliphatic carbocycles. The SMILES string of the molecule is CC(C)(C)[Si](C)(C)Oc1cccc2c1C=CC2CCCC1C=Cc2c(O[Si](C)(C)C(C)(C)C)cccc21. The summed E-state index contributed by atoms with van der Waals surface area (Å²) >= 11 is 0. The van der Waals surface area contributed by atoms with Crippen LogP contribution in [-0.2, 0) is 0 Å². The van der Waals surface area contributed by atoms with Crippen LogP contribution in [0.1, 0.15) is 94.9 Å². The third-order valence-corrected chi connectivity index (χ3v) is 18.0. The van der Waals surface area contributed by atoms with E-state index >= 15 is 0 Å². The molecular formula is C33H48O2Si2. The van der Waals surface area contributed by atoms with Crippen molar-refractivity contribution in [3.05, 3.63) is 70.8 Å². The average molecular weight is 533 g/mol. The van der Waals surface area contributed by atoms with Crippen LogP contribution in [0.3, 0.4) is 0 Å². The zero-order chi connectivity index (χ0) is 27.2. The van der Waals surface area contributed by atoms with Crippen LogP contribution in [0.25, 0.3) is 12.2 Å². The van der Waals surface area contributed by atoms with E-state index in [-0.39, 0.29) is 10.1 Å². The van der Waals surface area contributed by atoms with Gasteiger partial charge in [-0.1, -0.05) is 96.5 Å². The van der Waals surface area contributed by atoms with Crippen molar-refractivity contribution >= 4 is 28.8 Å². The number of hydrogen-bond donors (Lipinski definition) is 0. The summed E-state index contributed by atoms with van der Waals surface area (Å²) in [6.45, 7) is 23.2. The molecule has 2 nitrogen and oxygen atoms in total. The lowest BCUT2D eigenvalue weighted by atomic mass is 9.90. The van der Waals surface area contributed by atoms with Crippen LogP contribution < -0.4 is 8.85 Å². The smallest absolute Gasteiger partial charge is 0.250 e. The van der Waals surface area contributed by atoms with Gasteiger partial charge in [0.25, 0.3) is 16.6 Å². The first-order valence-electron chi connectivity index (χ1n) is 14.1. The van der Waals surface area contributed by atoms with Crippen molar-refractivity contribution in [1.82, 2.24) is 0 Å². The molecule has 2 aliphatic rings. The van der Waals surface area contributed by atoms with E-state index in [1.165, 1.54) is 41.5 Å². The van der Waals surface area contributed by atoms with E-state index in [9.17, 15) is 0 Å². The molecule has 0 saturated heterocycles. The fourth-order valence-electron chi connectivity index (χ4n) is 4.85. The Balaban J connectivity index is 1.41. The molecular weight excluding hydrogens is 485 g/mol. The molecule has 0 aromatic heterocycles. The molecule has 200 valence electrons. The van der Waals surface area contributed by atoms with Crippen LogP contribution in [0.2, 0.25) is 36.3 Å². The van der Waals surface area contributed by atoms with Gasteiger partial charge in [-0.3, -0.25) is 0 Å². The maximum Gasteiger partial charge on any atom is 0.250 e. The second-order valence-electron chi connectivity index (χ2n) is 14.1. The number of hydrogen-bond acceptors (Lipinski definition) is 2. The van der Waals surface area contributed by atoms with Gasteiger partial charge < -0.3 is 8.85 Å². The summed E-state index contributed by atoms with van der Waals surface area (Å²) in [4.78, 5) is 0. The molecule has 2 aromatic carbocycles. The van der Waals surface area contributed by atoms with Gasteiger partial charge in [0.2, 0.25) is 0 Å². The molecule has 2 atom stereocenters. The van der Waals surface area contributed by atoms with Crippen LogP contribution in [0.15, 0.2) is 48.6 Å². The predicted molar refractivity (Wildman–Crippen MR) is 166 cm³/mol. The predicted octanol–water partition coefficient (Wildman–Crippen LogP) is 10.5. The summed E-state index contributed by atoms with van der Waals surface area (Å²) in [7, 11) is -3.73. The number of allylic oxidation sites excluding steroid dienone is 2. The minimum Gasteiger partial charge on any atom is -0.543 e.